The third kappa shape index (κ3) is 46.0. The molecular weight excluding hydrogens is 1780 g/mol. The van der Waals surface area contributed by atoms with Crippen LogP contribution in [0.5, 0.6) is 46.0 Å². The standard InChI is InChI=1S/C128H210N8O8/c1-9-17-25-33-41-49-57-65-73-81-97-137-105-89-90-106(138-98-82-74-66-58-50-42-34-26-18-10-2)114-113(105)121-129-122(114)134-124-117-109(141-101-85-77-69-61-53-45-37-29-21-13-5)93-94-110(142-102-86-78-70-62-54-46-38-30-22-14-6)118(117)126(131-124)136-128-120-112(144-104-88-80-72-64-56-48-40-32-24-16-8)96-95-111(143-103-87-79-71-63-55-47-39-31-23-15-7)119(120)127(132-128)135-125-116-108(140-100-84-76-68-60-52-44-36-28-20-12-4)92-91-107(115(116)123(130-125)133-121)139-99-83-75-67-59-51-43-35-27-19-11-3/h89-96H,9-88,97-104H2,1-8H3,(H2,129,130,131,132,133,134,135,136). The molecule has 0 fully saturated rings. The highest BCUT2D eigenvalue weighted by molar-refractivity contribution is 6.13. The van der Waals surface area contributed by atoms with Gasteiger partial charge >= 0.3 is 0 Å². The normalized spacial score (nSPS) is 11.8. The zero-order chi connectivity index (χ0) is 101. The molecule has 3 aromatic heterocycles. The molecule has 0 radical (unpaired) electrons. The first kappa shape index (κ1) is 120. The fraction of sp³-hybridized carbons (Fsp3) is 0.750. The summed E-state index contributed by atoms with van der Waals surface area (Å²) in [6.07, 6.45) is 98.1. The minimum Gasteiger partial charge on any atom is -0.493 e. The number of ether oxygens (including phenoxy) is 8. The summed E-state index contributed by atoms with van der Waals surface area (Å²) < 4.78 is 58.3. The van der Waals surface area contributed by atoms with Crippen molar-refractivity contribution < 1.29 is 37.9 Å². The predicted molar refractivity (Wildman–Crippen MR) is 615 cm³/mol. The molecule has 0 amide bonds. The summed E-state index contributed by atoms with van der Waals surface area (Å²) in [5.41, 5.74) is 5.03. The third-order valence-electron chi connectivity index (χ3n) is 30.2. The van der Waals surface area contributed by atoms with Crippen molar-refractivity contribution in [2.45, 2.75) is 569 Å². The summed E-state index contributed by atoms with van der Waals surface area (Å²) in [5.74, 6) is 7.27. The molecule has 5 heterocycles. The van der Waals surface area contributed by atoms with Crippen molar-refractivity contribution in [3.05, 3.63) is 48.5 Å². The third-order valence-corrected chi connectivity index (χ3v) is 30.2. The molecule has 0 saturated heterocycles. The van der Waals surface area contributed by atoms with E-state index in [2.05, 4.69) is 114 Å². The number of aromatic nitrogens is 8. The highest BCUT2D eigenvalue weighted by atomic mass is 16.5. The molecule has 9 rings (SSSR count). The molecule has 0 atom stereocenters. The largest absolute Gasteiger partial charge is 0.493 e. The SMILES string of the molecule is CCCCCCCCCCCCOc1ccc(OCCCCCCCCCCCC)c2c1-c1nc-2nc2[nH]c(nc3nc(nc4[nH]c(n1)c1c(OCCCCCCCCCCCC)ccc(OCCCCCCCCCCCC)c41)-c1c(OCCCCCCCCCCCC)ccc(OCCCCCCCCCCCC)c1-3)c1c(OCCCCCCCCCCCC)ccc(OCCCCCCCCCCCC)c21. The van der Waals surface area contributed by atoms with Gasteiger partial charge in [-0.05, 0) is 99.9 Å². The van der Waals surface area contributed by atoms with Crippen LogP contribution in [0.15, 0.2) is 48.5 Å². The zero-order valence-corrected chi connectivity index (χ0v) is 93.8. The average molecular weight is 1990 g/mol. The lowest BCUT2D eigenvalue weighted by Gasteiger charge is -2.15. The van der Waals surface area contributed by atoms with Gasteiger partial charge in [0.15, 0.2) is 23.3 Å². The van der Waals surface area contributed by atoms with Crippen molar-refractivity contribution in [3.8, 4) is 91.5 Å². The number of rotatable bonds is 96. The van der Waals surface area contributed by atoms with E-state index in [1.807, 2.05) is 0 Å². The van der Waals surface area contributed by atoms with E-state index in [4.69, 9.17) is 67.8 Å². The molecule has 0 aliphatic carbocycles. The molecule has 4 aromatic carbocycles. The van der Waals surface area contributed by atoms with Gasteiger partial charge in [-0.3, -0.25) is 0 Å². The van der Waals surface area contributed by atoms with E-state index in [1.165, 1.54) is 411 Å². The molecule has 16 heteroatoms. The second kappa shape index (κ2) is 78.8. The Bertz CT molecular complexity index is 4050. The Hall–Kier alpha value is -7.36. The van der Waals surface area contributed by atoms with Crippen LogP contribution in [0.4, 0.5) is 0 Å². The van der Waals surface area contributed by atoms with Crippen LogP contribution in [0.1, 0.15) is 569 Å². The van der Waals surface area contributed by atoms with E-state index in [1.54, 1.807) is 0 Å². The number of fused-ring (bicyclic) bond motifs is 20. The van der Waals surface area contributed by atoms with Gasteiger partial charge in [0.05, 0.1) is 96.7 Å². The van der Waals surface area contributed by atoms with Crippen LogP contribution in [0.2, 0.25) is 0 Å². The van der Waals surface area contributed by atoms with Crippen molar-refractivity contribution in [2.24, 2.45) is 0 Å². The van der Waals surface area contributed by atoms with Gasteiger partial charge in [-0.2, -0.15) is 0 Å². The van der Waals surface area contributed by atoms with E-state index in [9.17, 15) is 0 Å². The average Bonchev–Trinajstić information content (AvgIpc) is 1.57. The Morgan fingerprint density at radius 3 is 0.382 bits per heavy atom. The van der Waals surface area contributed by atoms with Crippen LogP contribution in [-0.4, -0.2) is 92.7 Å². The number of unbranched alkanes of at least 4 members (excludes halogenated alkanes) is 72. The maximum Gasteiger partial charge on any atom is 0.168 e. The van der Waals surface area contributed by atoms with Crippen LogP contribution in [-0.2, 0) is 0 Å². The molecule has 0 spiro atoms. The maximum atomic E-state index is 7.29. The lowest BCUT2D eigenvalue weighted by Crippen LogP contribution is -2.03. The van der Waals surface area contributed by atoms with Gasteiger partial charge < -0.3 is 47.9 Å². The second-order valence-corrected chi connectivity index (χ2v) is 43.1. The van der Waals surface area contributed by atoms with Crippen molar-refractivity contribution in [2.75, 3.05) is 52.9 Å². The smallest absolute Gasteiger partial charge is 0.168 e. The highest BCUT2D eigenvalue weighted by Crippen LogP contribution is 2.51. The van der Waals surface area contributed by atoms with Crippen molar-refractivity contribution >= 4 is 44.1 Å². The Balaban J connectivity index is 1.31. The van der Waals surface area contributed by atoms with E-state index < -0.39 is 0 Å². The molecular formula is C128H210N8O8. The second-order valence-electron chi connectivity index (χ2n) is 43.1. The van der Waals surface area contributed by atoms with Crippen LogP contribution in [0, 0.1) is 0 Å². The Morgan fingerprint density at radius 1 is 0.139 bits per heavy atom. The number of hydrogen-bond donors (Lipinski definition) is 2. The van der Waals surface area contributed by atoms with Crippen LogP contribution >= 0.6 is 0 Å². The van der Waals surface area contributed by atoms with Crippen molar-refractivity contribution in [3.63, 3.8) is 0 Å². The topological polar surface area (TPSA) is 183 Å². The Labute approximate surface area is 878 Å². The van der Waals surface area contributed by atoms with E-state index in [-0.39, 0.29) is 0 Å². The van der Waals surface area contributed by atoms with Crippen LogP contribution < -0.4 is 37.9 Å². The maximum absolute atomic E-state index is 7.29. The first-order valence-corrected chi connectivity index (χ1v) is 61.9. The van der Waals surface area contributed by atoms with Crippen LogP contribution in [0.25, 0.3) is 89.7 Å². The molecule has 2 aliphatic heterocycles. The number of aromatic amines is 2. The monoisotopic (exact) mass is 1990 g/mol. The van der Waals surface area contributed by atoms with Crippen LogP contribution in [0.3, 0.4) is 0 Å². The van der Waals surface area contributed by atoms with Gasteiger partial charge in [-0.1, -0.05) is 518 Å². The summed E-state index contributed by atoms with van der Waals surface area (Å²) in [7, 11) is 0. The lowest BCUT2D eigenvalue weighted by atomic mass is 10.1. The summed E-state index contributed by atoms with van der Waals surface area (Å²) in [5, 5.41) is 3.03. The zero-order valence-electron chi connectivity index (χ0n) is 93.8. The number of benzene rings is 4. The summed E-state index contributed by atoms with van der Waals surface area (Å²) in [6.45, 7) is 22.7. The summed E-state index contributed by atoms with van der Waals surface area (Å²) in [6, 6.07) is 16.9. The molecule has 0 saturated carbocycles. The van der Waals surface area contributed by atoms with Gasteiger partial charge in [0.2, 0.25) is 0 Å². The number of H-pyrrole nitrogens is 2. The molecule has 0 unspecified atom stereocenters. The Kier molecular flexibility index (Phi) is 65.8. The van der Waals surface area contributed by atoms with Gasteiger partial charge in [0.1, 0.15) is 68.6 Å². The quantitative estimate of drug-likeness (QED) is 0.0343. The fourth-order valence-electron chi connectivity index (χ4n) is 21.2. The highest BCUT2D eigenvalue weighted by Gasteiger charge is 2.33. The molecule has 810 valence electrons. The molecule has 2 aliphatic rings. The molecule has 8 bridgehead atoms. The summed E-state index contributed by atoms with van der Waals surface area (Å²) in [4.78, 5) is 43.7. The van der Waals surface area contributed by atoms with E-state index >= 15 is 0 Å². The van der Waals surface area contributed by atoms with Crippen molar-refractivity contribution in [1.82, 2.24) is 39.9 Å². The first-order chi connectivity index (χ1) is 71.4. The van der Waals surface area contributed by atoms with Gasteiger partial charge in [-0.25, -0.2) is 29.9 Å². The predicted octanol–water partition coefficient (Wildman–Crippen LogP) is 41.3. The molecule has 2 N–H and O–H groups in total. The molecule has 7 aromatic rings. The number of nitrogens with zero attached hydrogens (tertiary/aromatic N) is 6. The van der Waals surface area contributed by atoms with E-state index in [0.717, 1.165) is 147 Å². The Morgan fingerprint density at radius 2 is 0.250 bits per heavy atom. The fourth-order valence-corrected chi connectivity index (χ4v) is 21.2. The molecule has 16 nitrogen and oxygen atoms in total. The minimum absolute atomic E-state index is 0.440. The first-order valence-electron chi connectivity index (χ1n) is 61.9. The number of nitrogens with one attached hydrogen (secondary N) is 2. The number of hydrogen-bond acceptors (Lipinski definition) is 14. The minimum atomic E-state index is 0.440. The van der Waals surface area contributed by atoms with E-state index in [0.29, 0.717) is 145 Å². The van der Waals surface area contributed by atoms with Gasteiger partial charge in [0.25, 0.3) is 0 Å². The van der Waals surface area contributed by atoms with Gasteiger partial charge in [-0.15, -0.1) is 0 Å². The van der Waals surface area contributed by atoms with Gasteiger partial charge in [0, 0.05) is 0 Å². The van der Waals surface area contributed by atoms with Crippen molar-refractivity contribution in [1.29, 1.82) is 0 Å². The lowest BCUT2D eigenvalue weighted by molar-refractivity contribution is 0.298. The summed E-state index contributed by atoms with van der Waals surface area (Å²) >= 11 is 0. The molecule has 144 heavy (non-hydrogen) atoms.